The summed E-state index contributed by atoms with van der Waals surface area (Å²) in [5, 5.41) is 0. The summed E-state index contributed by atoms with van der Waals surface area (Å²) in [7, 11) is 0. The Bertz CT molecular complexity index is 819. The van der Waals surface area contributed by atoms with E-state index in [0.717, 1.165) is 30.7 Å². The zero-order chi connectivity index (χ0) is 18.1. The van der Waals surface area contributed by atoms with E-state index in [1.54, 1.807) is 0 Å². The highest BCUT2D eigenvalue weighted by Crippen LogP contribution is 2.25. The molecule has 0 saturated carbocycles. The molecule has 2 aliphatic heterocycles. The number of rotatable bonds is 3. The fourth-order valence-corrected chi connectivity index (χ4v) is 4.26. The summed E-state index contributed by atoms with van der Waals surface area (Å²) in [6.07, 6.45) is 0.298. The lowest BCUT2D eigenvalue weighted by Crippen LogP contribution is -3.19. The van der Waals surface area contributed by atoms with Gasteiger partial charge in [-0.1, -0.05) is 40.2 Å². The molecule has 2 aromatic carbocycles. The summed E-state index contributed by atoms with van der Waals surface area (Å²) in [6.45, 7) is 3.53. The molecule has 1 N–H and O–H groups in total. The quantitative estimate of drug-likeness (QED) is 0.773. The molecular formula is C20H21BrN3O2+. The third-order valence-electron chi connectivity index (χ3n) is 5.23. The van der Waals surface area contributed by atoms with E-state index < -0.39 is 0 Å². The highest BCUT2D eigenvalue weighted by Gasteiger charge is 2.46. The predicted molar refractivity (Wildman–Crippen MR) is 104 cm³/mol. The Morgan fingerprint density at radius 3 is 2.31 bits per heavy atom. The van der Waals surface area contributed by atoms with Gasteiger partial charge in [-0.05, 0) is 30.3 Å². The first-order valence-corrected chi connectivity index (χ1v) is 9.70. The summed E-state index contributed by atoms with van der Waals surface area (Å²) < 4.78 is 0.864. The molecule has 26 heavy (non-hydrogen) atoms. The Hall–Kier alpha value is -2.18. The first-order chi connectivity index (χ1) is 12.6. The van der Waals surface area contributed by atoms with Gasteiger partial charge in [-0.15, -0.1) is 0 Å². The molecule has 2 aromatic rings. The smallest absolute Gasteiger partial charge is 0.292 e. The topological polar surface area (TPSA) is 45.1 Å². The maximum absolute atomic E-state index is 12.9. The summed E-state index contributed by atoms with van der Waals surface area (Å²) in [6, 6.07) is 17.4. The number of nitrogens with one attached hydrogen (secondary N) is 1. The molecule has 134 valence electrons. The van der Waals surface area contributed by atoms with E-state index in [1.807, 2.05) is 42.5 Å². The molecule has 4 rings (SSSR count). The van der Waals surface area contributed by atoms with E-state index in [4.69, 9.17) is 0 Å². The normalized spacial score (nSPS) is 21.5. The number of anilines is 2. The van der Waals surface area contributed by atoms with E-state index in [2.05, 4.69) is 33.0 Å². The van der Waals surface area contributed by atoms with E-state index in [1.165, 1.54) is 15.5 Å². The first-order valence-electron chi connectivity index (χ1n) is 8.90. The number of imide groups is 1. The van der Waals surface area contributed by atoms with Crippen LogP contribution >= 0.6 is 15.9 Å². The van der Waals surface area contributed by atoms with Crippen LogP contribution in [0.4, 0.5) is 11.4 Å². The van der Waals surface area contributed by atoms with Gasteiger partial charge in [0.2, 0.25) is 5.91 Å². The largest absolute Gasteiger partial charge is 0.360 e. The van der Waals surface area contributed by atoms with Crippen molar-refractivity contribution in [3.05, 3.63) is 59.1 Å². The fraction of sp³-hybridized carbons (Fsp3) is 0.300. The summed E-state index contributed by atoms with van der Waals surface area (Å²) in [5.41, 5.74) is 1.87. The molecule has 1 atom stereocenters. The van der Waals surface area contributed by atoms with Gasteiger partial charge < -0.3 is 9.80 Å². The average Bonchev–Trinajstić information content (AvgIpc) is 2.97. The van der Waals surface area contributed by atoms with Gasteiger partial charge in [-0.2, -0.15) is 0 Å². The molecule has 0 radical (unpaired) electrons. The molecular weight excluding hydrogens is 394 g/mol. The zero-order valence-corrected chi connectivity index (χ0v) is 16.0. The predicted octanol–water partition coefficient (Wildman–Crippen LogP) is 1.49. The highest BCUT2D eigenvalue weighted by molar-refractivity contribution is 9.10. The Kier molecular flexibility index (Phi) is 4.78. The van der Waals surface area contributed by atoms with Gasteiger partial charge >= 0.3 is 0 Å². The van der Waals surface area contributed by atoms with Crippen LogP contribution in [0.1, 0.15) is 6.42 Å². The number of hydrogen-bond donors (Lipinski definition) is 1. The zero-order valence-electron chi connectivity index (χ0n) is 14.4. The van der Waals surface area contributed by atoms with Crippen LogP contribution in [0.15, 0.2) is 59.1 Å². The minimum atomic E-state index is -0.264. The van der Waals surface area contributed by atoms with Gasteiger partial charge in [0, 0.05) is 10.2 Å². The molecule has 2 heterocycles. The minimum absolute atomic E-state index is 0.0729. The van der Waals surface area contributed by atoms with Crippen molar-refractivity contribution in [2.45, 2.75) is 12.5 Å². The number of halogens is 1. The van der Waals surface area contributed by atoms with Crippen LogP contribution in [-0.2, 0) is 9.59 Å². The van der Waals surface area contributed by atoms with E-state index in [0.29, 0.717) is 12.1 Å². The Labute approximate surface area is 161 Å². The number of amides is 2. The molecule has 0 aromatic heterocycles. The molecule has 2 saturated heterocycles. The summed E-state index contributed by atoms with van der Waals surface area (Å²) >= 11 is 3.41. The molecule has 2 aliphatic rings. The number of piperazine rings is 1. The van der Waals surface area contributed by atoms with Gasteiger partial charge in [0.15, 0.2) is 6.04 Å². The van der Waals surface area contributed by atoms with E-state index >= 15 is 0 Å². The Morgan fingerprint density at radius 1 is 0.923 bits per heavy atom. The van der Waals surface area contributed by atoms with Gasteiger partial charge in [0.25, 0.3) is 5.91 Å². The molecule has 2 amide bonds. The molecule has 2 fully saturated rings. The molecule has 0 aliphatic carbocycles. The van der Waals surface area contributed by atoms with Crippen LogP contribution in [0, 0.1) is 0 Å². The van der Waals surface area contributed by atoms with Crippen LogP contribution in [0.25, 0.3) is 0 Å². The monoisotopic (exact) mass is 414 g/mol. The molecule has 0 spiro atoms. The van der Waals surface area contributed by atoms with Crippen LogP contribution in [0.3, 0.4) is 0 Å². The van der Waals surface area contributed by atoms with Crippen molar-refractivity contribution in [1.82, 2.24) is 0 Å². The lowest BCUT2D eigenvalue weighted by Gasteiger charge is -2.35. The second-order valence-electron chi connectivity index (χ2n) is 6.78. The van der Waals surface area contributed by atoms with Crippen molar-refractivity contribution in [1.29, 1.82) is 0 Å². The number of hydrogen-bond acceptors (Lipinski definition) is 3. The van der Waals surface area contributed by atoms with E-state index in [9.17, 15) is 9.59 Å². The van der Waals surface area contributed by atoms with Crippen molar-refractivity contribution in [2.75, 3.05) is 36.0 Å². The summed E-state index contributed by atoms with van der Waals surface area (Å²) in [4.78, 5) is 30.3. The Morgan fingerprint density at radius 2 is 1.62 bits per heavy atom. The van der Waals surface area contributed by atoms with Crippen LogP contribution < -0.4 is 14.7 Å². The summed E-state index contributed by atoms with van der Waals surface area (Å²) in [5.74, 6) is -0.174. The molecule has 0 bridgehead atoms. The van der Waals surface area contributed by atoms with Crippen molar-refractivity contribution in [3.8, 4) is 0 Å². The second kappa shape index (κ2) is 7.21. The molecule has 0 unspecified atom stereocenters. The third kappa shape index (κ3) is 3.27. The van der Waals surface area contributed by atoms with Gasteiger partial charge in [-0.3, -0.25) is 9.59 Å². The maximum Gasteiger partial charge on any atom is 0.292 e. The first kappa shape index (κ1) is 17.2. The number of quaternary nitrogens is 1. The number of para-hydroxylation sites is 1. The van der Waals surface area contributed by atoms with Crippen molar-refractivity contribution < 1.29 is 14.5 Å². The van der Waals surface area contributed by atoms with Crippen LogP contribution in [-0.4, -0.2) is 44.0 Å². The van der Waals surface area contributed by atoms with Gasteiger partial charge in [-0.25, -0.2) is 4.90 Å². The molecule has 5 nitrogen and oxygen atoms in total. The molecule has 6 heteroatoms. The van der Waals surface area contributed by atoms with Crippen molar-refractivity contribution in [3.63, 3.8) is 0 Å². The second-order valence-corrected chi connectivity index (χ2v) is 7.70. The number of carbonyl (C=O) groups excluding carboxylic acids is 2. The third-order valence-corrected chi connectivity index (χ3v) is 5.73. The number of benzene rings is 2. The van der Waals surface area contributed by atoms with Crippen molar-refractivity contribution in [2.24, 2.45) is 0 Å². The SMILES string of the molecule is O=C1C[C@H]([NH+]2CCN(c3ccccc3)CC2)C(=O)N1c1cccc(Br)c1. The van der Waals surface area contributed by atoms with Gasteiger partial charge in [0.1, 0.15) is 0 Å². The number of nitrogens with zero attached hydrogens (tertiary/aromatic N) is 2. The number of carbonyl (C=O) groups is 2. The minimum Gasteiger partial charge on any atom is -0.360 e. The fourth-order valence-electron chi connectivity index (χ4n) is 3.88. The van der Waals surface area contributed by atoms with Crippen LogP contribution in [0.5, 0.6) is 0 Å². The van der Waals surface area contributed by atoms with E-state index in [-0.39, 0.29) is 17.9 Å². The average molecular weight is 415 g/mol. The van der Waals surface area contributed by atoms with Gasteiger partial charge in [0.05, 0.1) is 38.3 Å². The lowest BCUT2D eigenvalue weighted by molar-refractivity contribution is -0.915. The maximum atomic E-state index is 12.9. The highest BCUT2D eigenvalue weighted by atomic mass is 79.9. The van der Waals surface area contributed by atoms with Crippen LogP contribution in [0.2, 0.25) is 0 Å². The van der Waals surface area contributed by atoms with Crippen molar-refractivity contribution >= 4 is 39.1 Å². The standard InChI is InChI=1S/C20H20BrN3O2/c21-15-5-4-8-17(13-15)24-19(25)14-18(20(24)26)23-11-9-22(10-12-23)16-6-2-1-3-7-16/h1-8,13,18H,9-12,14H2/p+1/t18-/m0/s1. The Balaban J connectivity index is 1.45. The lowest BCUT2D eigenvalue weighted by atomic mass is 10.1.